The van der Waals surface area contributed by atoms with Gasteiger partial charge in [-0.3, -0.25) is 9.59 Å². The fourth-order valence-corrected chi connectivity index (χ4v) is 4.65. The molecule has 2 amide bonds. The molecule has 1 unspecified atom stereocenters. The smallest absolute Gasteiger partial charge is 0.237 e. The van der Waals surface area contributed by atoms with E-state index in [1.54, 1.807) is 18.7 Å². The molecule has 0 bridgehead atoms. The number of carbonyl (C=O) groups excluding carboxylic acids is 2. The molecule has 0 spiro atoms. The molecule has 2 fully saturated rings. The van der Waals surface area contributed by atoms with Crippen molar-refractivity contribution in [2.75, 3.05) is 24.6 Å². The molecule has 0 saturated carbocycles. The lowest BCUT2D eigenvalue weighted by atomic mass is 9.88. The van der Waals surface area contributed by atoms with Crippen LogP contribution in [-0.4, -0.2) is 55.8 Å². The lowest BCUT2D eigenvalue weighted by Gasteiger charge is -2.35. The molecule has 2 rings (SSSR count). The zero-order chi connectivity index (χ0) is 16.5. The largest absolute Gasteiger partial charge is 0.351 e. The number of likely N-dealkylation sites (tertiary alicyclic amines) is 1. The van der Waals surface area contributed by atoms with E-state index in [0.717, 1.165) is 12.8 Å². The first-order valence-electron chi connectivity index (χ1n) is 7.92. The number of amides is 2. The van der Waals surface area contributed by atoms with Crippen LogP contribution >= 0.6 is 0 Å². The van der Waals surface area contributed by atoms with Crippen molar-refractivity contribution in [3.05, 3.63) is 0 Å². The van der Waals surface area contributed by atoms with Gasteiger partial charge in [-0.2, -0.15) is 0 Å². The maximum atomic E-state index is 12.6. The summed E-state index contributed by atoms with van der Waals surface area (Å²) in [5.41, 5.74) is -1.16. The standard InChI is InChI=1S/C15H26N2O4S/c1-11-4-7-17(8-5-11)14(19)15(2,3)13(18)16-12-6-9-22(20,21)10-12/h11-12H,4-10H2,1-3H3,(H,16,18). The Kier molecular flexibility index (Phi) is 4.84. The van der Waals surface area contributed by atoms with E-state index in [1.165, 1.54) is 0 Å². The van der Waals surface area contributed by atoms with Gasteiger partial charge in [0, 0.05) is 19.1 Å². The van der Waals surface area contributed by atoms with Crippen LogP contribution < -0.4 is 5.32 Å². The molecular formula is C15H26N2O4S. The monoisotopic (exact) mass is 330 g/mol. The lowest BCUT2D eigenvalue weighted by molar-refractivity contribution is -0.149. The quantitative estimate of drug-likeness (QED) is 0.767. The summed E-state index contributed by atoms with van der Waals surface area (Å²) in [6.45, 7) is 6.78. The van der Waals surface area contributed by atoms with Gasteiger partial charge in [0.25, 0.3) is 0 Å². The first-order valence-corrected chi connectivity index (χ1v) is 9.75. The van der Waals surface area contributed by atoms with Gasteiger partial charge in [-0.05, 0) is 39.0 Å². The van der Waals surface area contributed by atoms with Crippen LogP contribution in [0.5, 0.6) is 0 Å². The molecule has 126 valence electrons. The number of nitrogens with zero attached hydrogens (tertiary/aromatic N) is 1. The number of piperidine rings is 1. The average molecular weight is 330 g/mol. The minimum Gasteiger partial charge on any atom is -0.351 e. The van der Waals surface area contributed by atoms with Crippen LogP contribution in [0.25, 0.3) is 0 Å². The average Bonchev–Trinajstić information content (AvgIpc) is 2.78. The summed E-state index contributed by atoms with van der Waals surface area (Å²) in [7, 11) is -3.04. The van der Waals surface area contributed by atoms with Crippen LogP contribution in [0.2, 0.25) is 0 Å². The number of carbonyl (C=O) groups is 2. The second kappa shape index (κ2) is 6.18. The molecule has 0 aromatic rings. The van der Waals surface area contributed by atoms with Gasteiger partial charge >= 0.3 is 0 Å². The van der Waals surface area contributed by atoms with Crippen LogP contribution in [0, 0.1) is 11.3 Å². The van der Waals surface area contributed by atoms with Crippen molar-refractivity contribution in [3.63, 3.8) is 0 Å². The fourth-order valence-electron chi connectivity index (χ4n) is 2.98. The SMILES string of the molecule is CC1CCN(C(=O)C(C)(C)C(=O)NC2CCS(=O)(=O)C2)CC1. The fraction of sp³-hybridized carbons (Fsp3) is 0.867. The molecule has 0 aromatic carbocycles. The van der Waals surface area contributed by atoms with Gasteiger partial charge in [0.15, 0.2) is 9.84 Å². The van der Waals surface area contributed by atoms with Crippen molar-refractivity contribution in [2.45, 2.75) is 46.1 Å². The molecule has 0 aromatic heterocycles. The second-order valence-electron chi connectivity index (χ2n) is 7.17. The summed E-state index contributed by atoms with van der Waals surface area (Å²) in [6.07, 6.45) is 2.36. The van der Waals surface area contributed by atoms with Crippen molar-refractivity contribution < 1.29 is 18.0 Å². The van der Waals surface area contributed by atoms with Crippen molar-refractivity contribution in [1.29, 1.82) is 0 Å². The predicted octanol–water partition coefficient (Wildman–Crippen LogP) is 0.574. The molecule has 2 aliphatic rings. The van der Waals surface area contributed by atoms with Crippen molar-refractivity contribution in [2.24, 2.45) is 11.3 Å². The maximum Gasteiger partial charge on any atom is 0.237 e. The van der Waals surface area contributed by atoms with Crippen molar-refractivity contribution in [1.82, 2.24) is 10.2 Å². The molecule has 22 heavy (non-hydrogen) atoms. The van der Waals surface area contributed by atoms with Crippen LogP contribution in [-0.2, 0) is 19.4 Å². The number of nitrogens with one attached hydrogen (secondary N) is 1. The normalized spacial score (nSPS) is 26.0. The topological polar surface area (TPSA) is 83.6 Å². The summed E-state index contributed by atoms with van der Waals surface area (Å²) in [5.74, 6) is 0.154. The molecule has 2 aliphatic heterocycles. The highest BCUT2D eigenvalue weighted by Crippen LogP contribution is 2.25. The molecule has 2 heterocycles. The predicted molar refractivity (Wildman–Crippen MR) is 84.0 cm³/mol. The van der Waals surface area contributed by atoms with Gasteiger partial charge in [-0.25, -0.2) is 8.42 Å². The number of hydrogen-bond acceptors (Lipinski definition) is 4. The van der Waals surface area contributed by atoms with E-state index in [1.807, 2.05) is 0 Å². The van der Waals surface area contributed by atoms with Crippen LogP contribution in [0.3, 0.4) is 0 Å². The highest BCUT2D eigenvalue weighted by Gasteiger charge is 2.41. The Morgan fingerprint density at radius 2 is 1.73 bits per heavy atom. The Bertz CT molecular complexity index is 548. The number of rotatable bonds is 3. The highest BCUT2D eigenvalue weighted by atomic mass is 32.2. The third-order valence-electron chi connectivity index (χ3n) is 4.74. The van der Waals surface area contributed by atoms with Crippen LogP contribution in [0.4, 0.5) is 0 Å². The number of hydrogen-bond donors (Lipinski definition) is 1. The van der Waals surface area contributed by atoms with Gasteiger partial charge in [-0.1, -0.05) is 6.92 Å². The third kappa shape index (κ3) is 3.80. The van der Waals surface area contributed by atoms with E-state index in [-0.39, 0.29) is 29.4 Å². The lowest BCUT2D eigenvalue weighted by Crippen LogP contribution is -2.53. The molecule has 1 atom stereocenters. The molecular weight excluding hydrogens is 304 g/mol. The Balaban J connectivity index is 1.96. The van der Waals surface area contributed by atoms with E-state index in [2.05, 4.69) is 12.2 Å². The second-order valence-corrected chi connectivity index (χ2v) is 9.40. The van der Waals surface area contributed by atoms with E-state index in [0.29, 0.717) is 25.4 Å². The highest BCUT2D eigenvalue weighted by molar-refractivity contribution is 7.91. The van der Waals surface area contributed by atoms with E-state index in [4.69, 9.17) is 0 Å². The zero-order valence-electron chi connectivity index (χ0n) is 13.6. The first kappa shape index (κ1) is 17.2. The van der Waals surface area contributed by atoms with Crippen molar-refractivity contribution in [3.8, 4) is 0 Å². The Morgan fingerprint density at radius 1 is 1.14 bits per heavy atom. The van der Waals surface area contributed by atoms with E-state index < -0.39 is 15.3 Å². The van der Waals surface area contributed by atoms with Gasteiger partial charge in [0.05, 0.1) is 11.5 Å². The van der Waals surface area contributed by atoms with Gasteiger partial charge in [-0.15, -0.1) is 0 Å². The molecule has 1 N–H and O–H groups in total. The van der Waals surface area contributed by atoms with Gasteiger partial charge in [0.1, 0.15) is 5.41 Å². The molecule has 0 aliphatic carbocycles. The van der Waals surface area contributed by atoms with Gasteiger partial charge < -0.3 is 10.2 Å². The minimum atomic E-state index is -3.04. The van der Waals surface area contributed by atoms with Crippen LogP contribution in [0.15, 0.2) is 0 Å². The van der Waals surface area contributed by atoms with Gasteiger partial charge in [0.2, 0.25) is 11.8 Å². The number of sulfone groups is 1. The first-order chi connectivity index (χ1) is 10.1. The molecule has 6 nitrogen and oxygen atoms in total. The van der Waals surface area contributed by atoms with E-state index >= 15 is 0 Å². The summed E-state index contributed by atoms with van der Waals surface area (Å²) in [5, 5.41) is 2.74. The Morgan fingerprint density at radius 3 is 2.23 bits per heavy atom. The Hall–Kier alpha value is -1.11. The minimum absolute atomic E-state index is 0.0236. The molecule has 2 saturated heterocycles. The van der Waals surface area contributed by atoms with E-state index in [9.17, 15) is 18.0 Å². The summed E-state index contributed by atoms with van der Waals surface area (Å²) in [4.78, 5) is 26.8. The summed E-state index contributed by atoms with van der Waals surface area (Å²) < 4.78 is 22.9. The summed E-state index contributed by atoms with van der Waals surface area (Å²) >= 11 is 0. The maximum absolute atomic E-state index is 12.6. The third-order valence-corrected chi connectivity index (χ3v) is 6.51. The van der Waals surface area contributed by atoms with Crippen molar-refractivity contribution >= 4 is 21.7 Å². The zero-order valence-corrected chi connectivity index (χ0v) is 14.4. The van der Waals surface area contributed by atoms with Crippen LogP contribution in [0.1, 0.15) is 40.0 Å². The molecule has 7 heteroatoms. The Labute approximate surface area is 132 Å². The summed E-state index contributed by atoms with van der Waals surface area (Å²) in [6, 6.07) is -0.369. The molecule has 0 radical (unpaired) electrons.